The minimum atomic E-state index is -1.76. The maximum atomic E-state index is 11.4. The number of aliphatic carboxylic acids is 1. The summed E-state index contributed by atoms with van der Waals surface area (Å²) in [6.07, 6.45) is 3.69. The van der Waals surface area contributed by atoms with Crippen LogP contribution in [0.4, 0.5) is 5.82 Å². The number of hydrogen-bond donors (Lipinski definition) is 4. The van der Waals surface area contributed by atoms with Crippen molar-refractivity contribution in [2.75, 3.05) is 11.1 Å². The third-order valence-electron chi connectivity index (χ3n) is 3.89. The summed E-state index contributed by atoms with van der Waals surface area (Å²) in [7, 11) is 0. The first kappa shape index (κ1) is 16.0. The molecule has 2 aliphatic rings. The highest BCUT2D eigenvalue weighted by molar-refractivity contribution is 8.00. The van der Waals surface area contributed by atoms with Gasteiger partial charge in [-0.1, -0.05) is 6.08 Å². The van der Waals surface area contributed by atoms with Gasteiger partial charge in [-0.3, -0.25) is 4.79 Å². The van der Waals surface area contributed by atoms with Gasteiger partial charge in [-0.05, 0) is 31.1 Å². The summed E-state index contributed by atoms with van der Waals surface area (Å²) in [5.74, 6) is -0.281. The van der Waals surface area contributed by atoms with Crippen molar-refractivity contribution in [3.8, 4) is 0 Å². The third-order valence-corrected chi connectivity index (χ3v) is 4.94. The molecule has 0 aromatic carbocycles. The highest BCUT2D eigenvalue weighted by Crippen LogP contribution is 2.29. The van der Waals surface area contributed by atoms with Gasteiger partial charge in [0.05, 0.1) is 16.3 Å². The van der Waals surface area contributed by atoms with Crippen molar-refractivity contribution >= 4 is 29.5 Å². The fourth-order valence-electron chi connectivity index (χ4n) is 2.52. The minimum Gasteiger partial charge on any atom is -0.479 e. The first-order valence-electron chi connectivity index (χ1n) is 7.27. The lowest BCUT2D eigenvalue weighted by atomic mass is 9.89. The molecule has 0 unspecified atom stereocenters. The second-order valence-electron chi connectivity index (χ2n) is 5.60. The SMILES string of the molecule is O=C1CSc2ccc(CN[C@H]3C=C[C@](O)(C(=O)O)CC3)nc2N1. The van der Waals surface area contributed by atoms with Gasteiger partial charge in [-0.15, -0.1) is 11.8 Å². The highest BCUT2D eigenvalue weighted by Gasteiger charge is 2.35. The van der Waals surface area contributed by atoms with Gasteiger partial charge in [0, 0.05) is 12.6 Å². The molecule has 1 amide bonds. The van der Waals surface area contributed by atoms with Gasteiger partial charge in [-0.25, -0.2) is 9.78 Å². The monoisotopic (exact) mass is 335 g/mol. The zero-order chi connectivity index (χ0) is 16.4. The molecule has 0 spiro atoms. The summed E-state index contributed by atoms with van der Waals surface area (Å²) in [5.41, 5.74) is -0.969. The maximum absolute atomic E-state index is 11.4. The highest BCUT2D eigenvalue weighted by atomic mass is 32.2. The van der Waals surface area contributed by atoms with Crippen molar-refractivity contribution in [2.24, 2.45) is 0 Å². The molecule has 2 heterocycles. The van der Waals surface area contributed by atoms with E-state index in [4.69, 9.17) is 5.11 Å². The minimum absolute atomic E-state index is 0.0172. The summed E-state index contributed by atoms with van der Waals surface area (Å²) in [4.78, 5) is 27.7. The molecule has 3 rings (SSSR count). The standard InChI is InChI=1S/C15H17N3O4S/c19-12-8-23-11-2-1-10(17-13(11)18-12)7-16-9-3-5-15(22,6-4-9)14(20)21/h1-3,5,9,16,22H,4,6-8H2,(H,20,21)(H,17,18,19)/t9-,15+/m0/s1. The van der Waals surface area contributed by atoms with Crippen LogP contribution in [0.15, 0.2) is 29.2 Å². The van der Waals surface area contributed by atoms with Crippen molar-refractivity contribution in [3.63, 3.8) is 0 Å². The predicted octanol–water partition coefficient (Wildman–Crippen LogP) is 0.750. The number of pyridine rings is 1. The van der Waals surface area contributed by atoms with E-state index in [1.807, 2.05) is 12.1 Å². The number of aromatic nitrogens is 1. The second-order valence-corrected chi connectivity index (χ2v) is 6.62. The Bertz CT molecular complexity index is 679. The van der Waals surface area contributed by atoms with Crippen LogP contribution in [0.1, 0.15) is 18.5 Å². The zero-order valence-corrected chi connectivity index (χ0v) is 13.1. The molecule has 0 radical (unpaired) electrons. The number of carbonyl (C=O) groups is 2. The number of rotatable bonds is 4. The van der Waals surface area contributed by atoms with E-state index in [2.05, 4.69) is 15.6 Å². The zero-order valence-electron chi connectivity index (χ0n) is 12.3. The van der Waals surface area contributed by atoms with E-state index >= 15 is 0 Å². The fraction of sp³-hybridized carbons (Fsp3) is 0.400. The lowest BCUT2D eigenvalue weighted by Crippen LogP contribution is -2.42. The van der Waals surface area contributed by atoms with Crippen molar-refractivity contribution in [2.45, 2.75) is 35.9 Å². The van der Waals surface area contributed by atoms with Gasteiger partial charge in [0.1, 0.15) is 5.82 Å². The van der Waals surface area contributed by atoms with Crippen molar-refractivity contribution < 1.29 is 19.8 Å². The molecule has 1 aromatic heterocycles. The van der Waals surface area contributed by atoms with Crippen LogP contribution in [-0.4, -0.2) is 44.5 Å². The number of fused-ring (bicyclic) bond motifs is 1. The van der Waals surface area contributed by atoms with Gasteiger partial charge in [-0.2, -0.15) is 0 Å². The summed E-state index contributed by atoms with van der Waals surface area (Å²) in [6, 6.07) is 3.82. The second kappa shape index (κ2) is 6.31. The summed E-state index contributed by atoms with van der Waals surface area (Å²) >= 11 is 1.46. The molecule has 1 aromatic rings. The van der Waals surface area contributed by atoms with Crippen LogP contribution in [0.2, 0.25) is 0 Å². The molecule has 0 saturated heterocycles. The molecular weight excluding hydrogens is 318 g/mol. The van der Waals surface area contributed by atoms with Crippen LogP contribution in [0.5, 0.6) is 0 Å². The molecule has 2 atom stereocenters. The van der Waals surface area contributed by atoms with E-state index in [9.17, 15) is 14.7 Å². The fourth-order valence-corrected chi connectivity index (χ4v) is 3.27. The number of nitrogens with zero attached hydrogens (tertiary/aromatic N) is 1. The number of carboxylic acid groups (broad SMARTS) is 1. The van der Waals surface area contributed by atoms with E-state index in [0.29, 0.717) is 24.5 Å². The number of hydrogen-bond acceptors (Lipinski definition) is 6. The Morgan fingerprint density at radius 1 is 1.52 bits per heavy atom. The first-order valence-corrected chi connectivity index (χ1v) is 8.26. The van der Waals surface area contributed by atoms with E-state index in [-0.39, 0.29) is 18.4 Å². The maximum Gasteiger partial charge on any atom is 0.339 e. The molecule has 0 saturated carbocycles. The number of aliphatic hydroxyl groups is 1. The molecule has 0 fully saturated rings. The Labute approximate surface area is 137 Å². The Kier molecular flexibility index (Phi) is 4.38. The van der Waals surface area contributed by atoms with Crippen LogP contribution in [0.25, 0.3) is 0 Å². The molecule has 1 aliphatic carbocycles. The van der Waals surface area contributed by atoms with Gasteiger partial charge in [0.2, 0.25) is 5.91 Å². The first-order chi connectivity index (χ1) is 11.0. The Morgan fingerprint density at radius 2 is 2.35 bits per heavy atom. The molecule has 4 N–H and O–H groups in total. The van der Waals surface area contributed by atoms with Crippen LogP contribution in [0, 0.1) is 0 Å². The molecule has 8 heteroatoms. The van der Waals surface area contributed by atoms with Gasteiger partial charge < -0.3 is 20.8 Å². The largest absolute Gasteiger partial charge is 0.479 e. The van der Waals surface area contributed by atoms with Crippen LogP contribution >= 0.6 is 11.8 Å². The Balaban J connectivity index is 1.60. The molecule has 122 valence electrons. The van der Waals surface area contributed by atoms with Gasteiger partial charge in [0.15, 0.2) is 5.60 Å². The lowest BCUT2D eigenvalue weighted by molar-refractivity contribution is -0.154. The number of thioether (sulfide) groups is 1. The lowest BCUT2D eigenvalue weighted by Gasteiger charge is -2.27. The number of nitrogens with one attached hydrogen (secondary N) is 2. The third kappa shape index (κ3) is 3.54. The number of carboxylic acids is 1. The Morgan fingerprint density at radius 3 is 3.04 bits per heavy atom. The number of amides is 1. The quantitative estimate of drug-likeness (QED) is 0.601. The predicted molar refractivity (Wildman–Crippen MR) is 85.2 cm³/mol. The van der Waals surface area contributed by atoms with E-state index in [1.54, 1.807) is 6.08 Å². The summed E-state index contributed by atoms with van der Waals surface area (Å²) in [6.45, 7) is 0.494. The van der Waals surface area contributed by atoms with Crippen molar-refractivity contribution in [1.82, 2.24) is 10.3 Å². The summed E-state index contributed by atoms with van der Waals surface area (Å²) in [5, 5.41) is 24.8. The Hall–Kier alpha value is -1.90. The molecular formula is C15H17N3O4S. The van der Waals surface area contributed by atoms with E-state index in [0.717, 1.165) is 10.6 Å². The smallest absolute Gasteiger partial charge is 0.339 e. The van der Waals surface area contributed by atoms with Crippen molar-refractivity contribution in [1.29, 1.82) is 0 Å². The van der Waals surface area contributed by atoms with Crippen LogP contribution < -0.4 is 10.6 Å². The molecule has 1 aliphatic heterocycles. The van der Waals surface area contributed by atoms with Gasteiger partial charge in [0.25, 0.3) is 0 Å². The number of carbonyl (C=O) groups excluding carboxylic acids is 1. The topological polar surface area (TPSA) is 112 Å². The molecule has 0 bridgehead atoms. The van der Waals surface area contributed by atoms with Crippen LogP contribution in [0.3, 0.4) is 0 Å². The average Bonchev–Trinajstić information content (AvgIpc) is 2.54. The molecule has 7 nitrogen and oxygen atoms in total. The van der Waals surface area contributed by atoms with E-state index in [1.165, 1.54) is 17.8 Å². The summed E-state index contributed by atoms with van der Waals surface area (Å²) < 4.78 is 0. The molecule has 23 heavy (non-hydrogen) atoms. The van der Waals surface area contributed by atoms with E-state index < -0.39 is 11.6 Å². The van der Waals surface area contributed by atoms with Crippen molar-refractivity contribution in [3.05, 3.63) is 30.0 Å². The average molecular weight is 335 g/mol. The van der Waals surface area contributed by atoms with Crippen LogP contribution in [-0.2, 0) is 16.1 Å². The number of anilines is 1. The van der Waals surface area contributed by atoms with Gasteiger partial charge >= 0.3 is 5.97 Å². The normalized spacial score (nSPS) is 26.5.